The monoisotopic (exact) mass is 302 g/mol. The molecule has 108 valence electrons. The van der Waals surface area contributed by atoms with Gasteiger partial charge in [0.05, 0.1) is 23.8 Å². The van der Waals surface area contributed by atoms with E-state index in [4.69, 9.17) is 22.1 Å². The highest BCUT2D eigenvalue weighted by Crippen LogP contribution is 2.36. The van der Waals surface area contributed by atoms with Crippen LogP contribution in [0.15, 0.2) is 30.3 Å². The lowest BCUT2D eigenvalue weighted by atomic mass is 9.98. The fraction of sp³-hybridized carbons (Fsp3) is 0.188. The highest BCUT2D eigenvalue weighted by molar-refractivity contribution is 6.31. The van der Waals surface area contributed by atoms with Gasteiger partial charge in [0.15, 0.2) is 0 Å². The maximum atomic E-state index is 9.39. The van der Waals surface area contributed by atoms with E-state index < -0.39 is 0 Å². The summed E-state index contributed by atoms with van der Waals surface area (Å²) in [6.07, 6.45) is 0.495. The van der Waals surface area contributed by atoms with Crippen molar-refractivity contribution in [3.8, 4) is 5.75 Å². The molecule has 4 nitrogen and oxygen atoms in total. The zero-order valence-electron chi connectivity index (χ0n) is 11.6. The summed E-state index contributed by atoms with van der Waals surface area (Å²) < 4.78 is 5.28. The molecular weight excluding hydrogens is 288 g/mol. The van der Waals surface area contributed by atoms with E-state index in [9.17, 15) is 5.11 Å². The maximum Gasteiger partial charge on any atom is 0.142 e. The summed E-state index contributed by atoms with van der Waals surface area (Å²) in [6, 6.07) is 9.20. The number of aliphatic hydroxyl groups excluding tert-OH is 1. The van der Waals surface area contributed by atoms with Crippen LogP contribution in [0, 0.1) is 0 Å². The summed E-state index contributed by atoms with van der Waals surface area (Å²) in [6.45, 7) is 0.0352. The van der Waals surface area contributed by atoms with Crippen LogP contribution < -0.4 is 10.5 Å². The largest absolute Gasteiger partial charge is 0.495 e. The van der Waals surface area contributed by atoms with Gasteiger partial charge in [0.1, 0.15) is 5.75 Å². The van der Waals surface area contributed by atoms with Crippen LogP contribution in [-0.4, -0.2) is 23.8 Å². The number of halogens is 1. The number of anilines is 1. The van der Waals surface area contributed by atoms with Gasteiger partial charge in [-0.15, -0.1) is 0 Å². The molecule has 0 unspecified atom stereocenters. The number of hydrogen-bond donors (Lipinski definition) is 2. The van der Waals surface area contributed by atoms with Crippen molar-refractivity contribution in [2.45, 2.75) is 6.42 Å². The lowest BCUT2D eigenvalue weighted by molar-refractivity contribution is 0.300. The number of nitrogens with two attached hydrogens (primary N) is 1. The predicted molar refractivity (Wildman–Crippen MR) is 86.0 cm³/mol. The topological polar surface area (TPSA) is 68.4 Å². The Morgan fingerprint density at radius 3 is 2.76 bits per heavy atom. The standard InChI is InChI=1S/C16H15ClN2O2/c1-21-14-5-4-12-15(16(14)18)11(6-7-20)10-3-2-9(17)8-13(10)19-12/h2-5,8,20H,6-7,18H2,1H3. The number of fused-ring (bicyclic) bond motifs is 2. The molecule has 0 atom stereocenters. The van der Waals surface area contributed by atoms with E-state index in [1.165, 1.54) is 0 Å². The molecule has 0 spiro atoms. The molecule has 3 rings (SSSR count). The summed E-state index contributed by atoms with van der Waals surface area (Å²) in [7, 11) is 1.58. The van der Waals surface area contributed by atoms with Gasteiger partial charge < -0.3 is 15.6 Å². The molecule has 5 heteroatoms. The first kappa shape index (κ1) is 13.9. The lowest BCUT2D eigenvalue weighted by Gasteiger charge is -2.14. The molecule has 1 aromatic heterocycles. The Labute approximate surface area is 127 Å². The molecule has 0 bridgehead atoms. The number of aromatic nitrogens is 1. The van der Waals surface area contributed by atoms with Crippen molar-refractivity contribution in [1.29, 1.82) is 0 Å². The van der Waals surface area contributed by atoms with Gasteiger partial charge in [-0.25, -0.2) is 4.98 Å². The van der Waals surface area contributed by atoms with Crippen molar-refractivity contribution in [1.82, 2.24) is 4.98 Å². The molecule has 0 aliphatic rings. The Kier molecular flexibility index (Phi) is 3.57. The molecule has 0 saturated carbocycles. The van der Waals surface area contributed by atoms with E-state index in [0.717, 1.165) is 27.4 Å². The number of nitrogen functional groups attached to an aromatic ring is 1. The second-order valence-corrected chi connectivity index (χ2v) is 5.24. The summed E-state index contributed by atoms with van der Waals surface area (Å²) in [5.74, 6) is 0.608. The Balaban J connectivity index is 2.48. The van der Waals surface area contributed by atoms with Gasteiger partial charge in [0.2, 0.25) is 0 Å². The summed E-state index contributed by atoms with van der Waals surface area (Å²) in [5, 5.41) is 11.8. The van der Waals surface area contributed by atoms with Crippen molar-refractivity contribution in [2.75, 3.05) is 19.5 Å². The van der Waals surface area contributed by atoms with E-state index in [1.54, 1.807) is 13.2 Å². The van der Waals surface area contributed by atoms with Crippen molar-refractivity contribution < 1.29 is 9.84 Å². The van der Waals surface area contributed by atoms with E-state index in [0.29, 0.717) is 22.9 Å². The van der Waals surface area contributed by atoms with E-state index in [1.807, 2.05) is 24.3 Å². The van der Waals surface area contributed by atoms with E-state index in [2.05, 4.69) is 4.98 Å². The number of benzene rings is 2. The number of nitrogens with zero attached hydrogens (tertiary/aromatic N) is 1. The van der Waals surface area contributed by atoms with Gasteiger partial charge in [-0.1, -0.05) is 17.7 Å². The number of hydrogen-bond acceptors (Lipinski definition) is 4. The van der Waals surface area contributed by atoms with E-state index in [-0.39, 0.29) is 6.61 Å². The molecule has 1 heterocycles. The molecule has 21 heavy (non-hydrogen) atoms. The molecule has 0 radical (unpaired) electrons. The minimum Gasteiger partial charge on any atom is -0.495 e. The highest BCUT2D eigenvalue weighted by atomic mass is 35.5. The fourth-order valence-corrected chi connectivity index (χ4v) is 2.83. The van der Waals surface area contributed by atoms with Gasteiger partial charge in [0.25, 0.3) is 0 Å². The minimum atomic E-state index is 0.0352. The second kappa shape index (κ2) is 5.39. The SMILES string of the molecule is COc1ccc2nc3cc(Cl)ccc3c(CCO)c2c1N. The van der Waals surface area contributed by atoms with Crippen LogP contribution in [0.25, 0.3) is 21.8 Å². The summed E-state index contributed by atoms with van der Waals surface area (Å²) in [4.78, 5) is 4.62. The number of pyridine rings is 1. The Morgan fingerprint density at radius 1 is 1.24 bits per heavy atom. The molecule has 0 fully saturated rings. The number of rotatable bonds is 3. The van der Waals surface area contributed by atoms with Crippen LogP contribution in [0.2, 0.25) is 5.02 Å². The quantitative estimate of drug-likeness (QED) is 0.576. The van der Waals surface area contributed by atoms with Crippen LogP contribution in [0.4, 0.5) is 5.69 Å². The highest BCUT2D eigenvalue weighted by Gasteiger charge is 2.14. The predicted octanol–water partition coefficient (Wildman–Crippen LogP) is 3.17. The average Bonchev–Trinajstić information content (AvgIpc) is 2.47. The first-order chi connectivity index (χ1) is 10.2. The van der Waals surface area contributed by atoms with Crippen LogP contribution in [-0.2, 0) is 6.42 Å². The van der Waals surface area contributed by atoms with Crippen molar-refractivity contribution >= 4 is 39.1 Å². The molecule has 0 aliphatic heterocycles. The van der Waals surface area contributed by atoms with Gasteiger partial charge in [-0.2, -0.15) is 0 Å². The first-order valence-electron chi connectivity index (χ1n) is 6.61. The minimum absolute atomic E-state index is 0.0352. The molecule has 0 amide bonds. The Hall–Kier alpha value is -2.04. The fourth-order valence-electron chi connectivity index (χ4n) is 2.67. The molecule has 3 aromatic rings. The molecule has 2 aromatic carbocycles. The average molecular weight is 303 g/mol. The third-order valence-corrected chi connectivity index (χ3v) is 3.83. The Bertz CT molecular complexity index is 833. The van der Waals surface area contributed by atoms with Gasteiger partial charge >= 0.3 is 0 Å². The molecule has 0 saturated heterocycles. The first-order valence-corrected chi connectivity index (χ1v) is 6.98. The molecule has 0 aliphatic carbocycles. The third kappa shape index (κ3) is 2.26. The van der Waals surface area contributed by atoms with Gasteiger partial charge in [-0.05, 0) is 36.2 Å². The van der Waals surface area contributed by atoms with Gasteiger partial charge in [0, 0.05) is 22.4 Å². The molecule has 3 N–H and O–H groups in total. The van der Waals surface area contributed by atoms with Crippen molar-refractivity contribution in [2.24, 2.45) is 0 Å². The number of ether oxygens (including phenoxy) is 1. The summed E-state index contributed by atoms with van der Waals surface area (Å²) in [5.41, 5.74) is 9.28. The number of methoxy groups -OCH3 is 1. The summed E-state index contributed by atoms with van der Waals surface area (Å²) >= 11 is 6.04. The zero-order valence-corrected chi connectivity index (χ0v) is 12.3. The van der Waals surface area contributed by atoms with Crippen molar-refractivity contribution in [3.05, 3.63) is 40.9 Å². The maximum absolute atomic E-state index is 9.39. The second-order valence-electron chi connectivity index (χ2n) is 4.80. The van der Waals surface area contributed by atoms with Gasteiger partial charge in [-0.3, -0.25) is 0 Å². The smallest absolute Gasteiger partial charge is 0.142 e. The van der Waals surface area contributed by atoms with Crippen LogP contribution in [0.3, 0.4) is 0 Å². The Morgan fingerprint density at radius 2 is 2.05 bits per heavy atom. The van der Waals surface area contributed by atoms with E-state index >= 15 is 0 Å². The number of aliphatic hydroxyl groups is 1. The van der Waals surface area contributed by atoms with Crippen molar-refractivity contribution in [3.63, 3.8) is 0 Å². The van der Waals surface area contributed by atoms with Crippen LogP contribution in [0.5, 0.6) is 5.75 Å². The normalized spacial score (nSPS) is 11.2. The van der Waals surface area contributed by atoms with Crippen LogP contribution in [0.1, 0.15) is 5.56 Å². The third-order valence-electron chi connectivity index (χ3n) is 3.59. The zero-order chi connectivity index (χ0) is 15.0. The lowest BCUT2D eigenvalue weighted by Crippen LogP contribution is -2.01. The van der Waals surface area contributed by atoms with Crippen LogP contribution >= 0.6 is 11.6 Å². The molecular formula is C16H15ClN2O2.